The Labute approximate surface area is 259 Å². The van der Waals surface area contributed by atoms with E-state index in [0.717, 1.165) is 6.42 Å². The molecule has 2 aliphatic rings. The van der Waals surface area contributed by atoms with Crippen LogP contribution in [0.15, 0.2) is 84.0 Å². The molecule has 1 atom stereocenters. The summed E-state index contributed by atoms with van der Waals surface area (Å²) in [6, 6.07) is 26.9. The van der Waals surface area contributed by atoms with Gasteiger partial charge in [-0.3, -0.25) is 6.08 Å². The van der Waals surface area contributed by atoms with E-state index in [-0.39, 0.29) is 30.2 Å². The van der Waals surface area contributed by atoms with Crippen LogP contribution in [0.5, 0.6) is 0 Å². The molecular formula is C35H40Cl2Zr-2. The quantitative estimate of drug-likeness (QED) is 0.287. The summed E-state index contributed by atoms with van der Waals surface area (Å²) < 4.78 is 2.21. The monoisotopic (exact) mass is 620 g/mol. The summed E-state index contributed by atoms with van der Waals surface area (Å²) in [6.45, 7) is 17.8. The first-order valence-corrected chi connectivity index (χ1v) is 14.3. The Morgan fingerprint density at radius 2 is 1.42 bits per heavy atom. The summed E-state index contributed by atoms with van der Waals surface area (Å²) in [5, 5.41) is 0. The number of hydrogen-bond acceptors (Lipinski definition) is 0. The number of allylic oxidation sites excluding steroid dienone is 4. The zero-order chi connectivity index (χ0) is 26.5. The van der Waals surface area contributed by atoms with Gasteiger partial charge < -0.3 is 24.8 Å². The summed E-state index contributed by atoms with van der Waals surface area (Å²) in [5.74, 6) is 0.518. The van der Waals surface area contributed by atoms with E-state index in [9.17, 15) is 0 Å². The first-order chi connectivity index (χ1) is 16.9. The first-order valence-electron chi connectivity index (χ1n) is 12.9. The molecule has 2 aliphatic carbocycles. The van der Waals surface area contributed by atoms with Gasteiger partial charge in [-0.05, 0) is 6.42 Å². The van der Waals surface area contributed by atoms with Crippen LogP contribution in [0.3, 0.4) is 0 Å². The van der Waals surface area contributed by atoms with Gasteiger partial charge in [-0.1, -0.05) is 81.3 Å². The molecule has 3 aromatic rings. The van der Waals surface area contributed by atoms with Crippen LogP contribution in [0.4, 0.5) is 0 Å². The second-order valence-electron chi connectivity index (χ2n) is 11.8. The fourth-order valence-corrected chi connectivity index (χ4v) is 5.20. The molecule has 3 aromatic carbocycles. The second-order valence-corrected chi connectivity index (χ2v) is 12.5. The van der Waals surface area contributed by atoms with Crippen LogP contribution in [0.1, 0.15) is 77.6 Å². The normalized spacial score (nSPS) is 15.1. The average molecular weight is 623 g/mol. The second kappa shape index (κ2) is 14.7. The summed E-state index contributed by atoms with van der Waals surface area (Å²) in [4.78, 5) is 0. The molecule has 0 nitrogen and oxygen atoms in total. The Morgan fingerprint density at radius 1 is 0.816 bits per heavy atom. The van der Waals surface area contributed by atoms with Gasteiger partial charge in [-0.15, -0.1) is 5.56 Å². The molecule has 0 aromatic heterocycles. The minimum atomic E-state index is 0. The molecule has 3 heteroatoms. The van der Waals surface area contributed by atoms with E-state index in [1.807, 2.05) is 6.07 Å². The Kier molecular flexibility index (Phi) is 13.4. The number of benzene rings is 3. The third kappa shape index (κ3) is 9.29. The van der Waals surface area contributed by atoms with Crippen molar-refractivity contribution >= 4 is 3.71 Å². The van der Waals surface area contributed by atoms with Crippen molar-refractivity contribution in [3.63, 3.8) is 0 Å². The van der Waals surface area contributed by atoms with Crippen LogP contribution < -0.4 is 24.8 Å². The molecule has 0 saturated carbocycles. The van der Waals surface area contributed by atoms with E-state index in [4.69, 9.17) is 0 Å². The topological polar surface area (TPSA) is 0 Å². The Hall–Kier alpha value is -1.53. The average Bonchev–Trinajstić information content (AvgIpc) is 3.38. The van der Waals surface area contributed by atoms with Gasteiger partial charge in [0.05, 0.1) is 0 Å². The van der Waals surface area contributed by atoms with Gasteiger partial charge in [-0.25, -0.2) is 5.57 Å². The van der Waals surface area contributed by atoms with Crippen molar-refractivity contribution in [1.82, 2.24) is 0 Å². The van der Waals surface area contributed by atoms with Gasteiger partial charge >= 0.3 is 89.5 Å². The Balaban J connectivity index is 0.000000279. The smallest absolute Gasteiger partial charge is 0.0253 e. The van der Waals surface area contributed by atoms with Gasteiger partial charge in [0.1, 0.15) is 0 Å². The Morgan fingerprint density at radius 3 is 1.92 bits per heavy atom. The molecule has 0 spiro atoms. The van der Waals surface area contributed by atoms with Crippen LogP contribution in [0.2, 0.25) is 0 Å². The van der Waals surface area contributed by atoms with E-state index in [1.165, 1.54) is 68.8 Å². The number of hydrogen-bond donors (Lipinski definition) is 0. The van der Waals surface area contributed by atoms with Crippen LogP contribution in [0.25, 0.3) is 11.1 Å². The van der Waals surface area contributed by atoms with Crippen molar-refractivity contribution in [3.8, 4) is 11.1 Å². The first kappa shape index (κ1) is 34.5. The molecule has 0 aliphatic heterocycles. The van der Waals surface area contributed by atoms with Crippen molar-refractivity contribution < 1.29 is 49.0 Å². The molecule has 200 valence electrons. The molecule has 0 amide bonds. The van der Waals surface area contributed by atoms with Gasteiger partial charge in [0, 0.05) is 0 Å². The largest absolute Gasteiger partial charge is 1.00 e. The summed E-state index contributed by atoms with van der Waals surface area (Å²) in [7, 11) is 0. The van der Waals surface area contributed by atoms with Crippen LogP contribution in [-0.4, -0.2) is 3.71 Å². The predicted octanol–water partition coefficient (Wildman–Crippen LogP) is 3.11. The standard InChI is InChI=1S/C13H9.C11H17.C11H14.2ClH.Zr/c1-3-7-12-10(5-1)9-11-6-2-4-8-13(11)12;1-8-6-9(2)10(7-8)11(3,4)5;1-9-5-7-10(8-6-9)11(2,3)4;;;/h1-5,7-8H,9H2;7-8H,1-5H3;1,5-8H,2-4H3;2*1H;/q2*-1;;;;+2/p-2. The maximum Gasteiger partial charge on any atom is -0.0253 e. The predicted molar refractivity (Wildman–Crippen MR) is 153 cm³/mol. The van der Waals surface area contributed by atoms with Crippen molar-refractivity contribution in [3.05, 3.63) is 118 Å². The van der Waals surface area contributed by atoms with Crippen molar-refractivity contribution in [1.29, 1.82) is 0 Å². The SMILES string of the molecule is CC(C)(C)c1ccc([CH]=[Zr+2])cc1.CC1=[C-]C(C)C=C1C(C)(C)C.[Cl-].[Cl-].[c-]1cccc2c1Cc1ccccc1-2. The van der Waals surface area contributed by atoms with Crippen molar-refractivity contribution in [2.45, 2.75) is 67.2 Å². The fraction of sp³-hybridized carbons (Fsp3) is 0.343. The van der Waals surface area contributed by atoms with Gasteiger partial charge in [0.15, 0.2) is 0 Å². The van der Waals surface area contributed by atoms with Crippen LogP contribution >= 0.6 is 0 Å². The third-order valence-corrected chi connectivity index (χ3v) is 7.45. The summed E-state index contributed by atoms with van der Waals surface area (Å²) in [6.07, 6.45) is 6.76. The van der Waals surface area contributed by atoms with E-state index < -0.39 is 0 Å². The minimum absolute atomic E-state index is 0. The molecule has 38 heavy (non-hydrogen) atoms. The summed E-state index contributed by atoms with van der Waals surface area (Å²) in [5.41, 5.74) is 11.6. The maximum atomic E-state index is 3.40. The molecule has 0 fully saturated rings. The zero-order valence-electron chi connectivity index (χ0n) is 24.0. The van der Waals surface area contributed by atoms with Crippen LogP contribution in [0, 0.1) is 23.5 Å². The molecule has 0 N–H and O–H groups in total. The van der Waals surface area contributed by atoms with Gasteiger partial charge in [0.25, 0.3) is 0 Å². The molecule has 1 unspecified atom stereocenters. The van der Waals surface area contributed by atoms with Crippen molar-refractivity contribution in [2.75, 3.05) is 0 Å². The molecule has 5 rings (SSSR count). The minimum Gasteiger partial charge on any atom is -1.00 e. The van der Waals surface area contributed by atoms with Crippen molar-refractivity contribution in [2.24, 2.45) is 11.3 Å². The molecule has 0 radical (unpaired) electrons. The Bertz CT molecular complexity index is 1210. The molecule has 0 heterocycles. The summed E-state index contributed by atoms with van der Waals surface area (Å²) >= 11 is 1.46. The van der Waals surface area contributed by atoms with Crippen LogP contribution in [-0.2, 0) is 36.1 Å². The number of fused-ring (bicyclic) bond motifs is 3. The van der Waals surface area contributed by atoms with E-state index in [0.29, 0.717) is 11.3 Å². The maximum absolute atomic E-state index is 3.40. The van der Waals surface area contributed by atoms with Gasteiger partial charge in [-0.2, -0.15) is 41.5 Å². The number of rotatable bonds is 1. The molecule has 0 saturated heterocycles. The van der Waals surface area contributed by atoms with E-state index in [2.05, 4.69) is 138 Å². The molecular weight excluding hydrogens is 583 g/mol. The van der Waals surface area contributed by atoms with Gasteiger partial charge in [0.2, 0.25) is 0 Å². The van der Waals surface area contributed by atoms with E-state index in [1.54, 1.807) is 0 Å². The molecule has 0 bridgehead atoms. The van der Waals surface area contributed by atoms with E-state index >= 15 is 0 Å². The zero-order valence-corrected chi connectivity index (χ0v) is 28.0. The number of halogens is 2. The fourth-order valence-electron chi connectivity index (χ4n) is 4.73. The third-order valence-electron chi connectivity index (χ3n) is 6.63.